The zero-order valence-corrected chi connectivity index (χ0v) is 17.2. The number of carbonyl (C=O) groups is 1. The lowest BCUT2D eigenvalue weighted by Crippen LogP contribution is -2.50. The van der Waals surface area contributed by atoms with Crippen LogP contribution < -0.4 is 4.74 Å². The van der Waals surface area contributed by atoms with E-state index in [0.29, 0.717) is 44.2 Å². The summed E-state index contributed by atoms with van der Waals surface area (Å²) in [6.45, 7) is 4.41. The van der Waals surface area contributed by atoms with Crippen LogP contribution in [0.15, 0.2) is 53.7 Å². The largest absolute Gasteiger partial charge is 0.490 e. The van der Waals surface area contributed by atoms with E-state index >= 15 is 0 Å². The van der Waals surface area contributed by atoms with Gasteiger partial charge in [0.1, 0.15) is 17.3 Å². The van der Waals surface area contributed by atoms with E-state index < -0.39 is 10.0 Å². The second-order valence-electron chi connectivity index (χ2n) is 6.43. The van der Waals surface area contributed by atoms with Gasteiger partial charge < -0.3 is 14.4 Å². The molecule has 0 bridgehead atoms. The van der Waals surface area contributed by atoms with Gasteiger partial charge in [0.2, 0.25) is 10.0 Å². The van der Waals surface area contributed by atoms with Crippen LogP contribution in [0.5, 0.6) is 5.75 Å². The molecule has 1 aliphatic rings. The van der Waals surface area contributed by atoms with E-state index in [0.717, 1.165) is 0 Å². The number of pyridine rings is 1. The minimum absolute atomic E-state index is 0.160. The molecule has 1 aliphatic heterocycles. The summed E-state index contributed by atoms with van der Waals surface area (Å²) in [5, 5.41) is 0. The van der Waals surface area contributed by atoms with Gasteiger partial charge in [-0.3, -0.25) is 9.78 Å². The van der Waals surface area contributed by atoms with E-state index in [2.05, 4.69) is 4.98 Å². The summed E-state index contributed by atoms with van der Waals surface area (Å²) in [6, 6.07) is 10.2. The summed E-state index contributed by atoms with van der Waals surface area (Å²) in [6.07, 6.45) is 2.87. The van der Waals surface area contributed by atoms with Crippen LogP contribution in [0.2, 0.25) is 0 Å². The first kappa shape index (κ1) is 21.2. The Bertz CT molecular complexity index is 913. The van der Waals surface area contributed by atoms with Crippen LogP contribution in [-0.2, 0) is 14.8 Å². The molecule has 1 aromatic carbocycles. The van der Waals surface area contributed by atoms with E-state index in [9.17, 15) is 13.2 Å². The Balaban J connectivity index is 1.63. The number of sulfonamides is 1. The van der Waals surface area contributed by atoms with Crippen molar-refractivity contribution in [2.45, 2.75) is 11.8 Å². The molecule has 29 heavy (non-hydrogen) atoms. The molecule has 1 saturated heterocycles. The number of benzene rings is 1. The number of para-hydroxylation sites is 1. The van der Waals surface area contributed by atoms with Gasteiger partial charge in [-0.25, -0.2) is 8.42 Å². The van der Waals surface area contributed by atoms with Crippen molar-refractivity contribution in [3.63, 3.8) is 0 Å². The van der Waals surface area contributed by atoms with Gasteiger partial charge in [0.25, 0.3) is 5.91 Å². The molecule has 0 N–H and O–H groups in total. The Labute approximate surface area is 171 Å². The molecular weight excluding hydrogens is 394 g/mol. The second kappa shape index (κ2) is 9.82. The molecule has 1 aromatic heterocycles. The first-order chi connectivity index (χ1) is 14.0. The lowest BCUT2D eigenvalue weighted by molar-refractivity contribution is 0.0688. The fourth-order valence-corrected chi connectivity index (χ4v) is 4.46. The number of amides is 1. The molecule has 0 saturated carbocycles. The minimum Gasteiger partial charge on any atom is -0.490 e. The van der Waals surface area contributed by atoms with Gasteiger partial charge in [-0.15, -0.1) is 0 Å². The highest BCUT2D eigenvalue weighted by Gasteiger charge is 2.31. The van der Waals surface area contributed by atoms with E-state index in [4.69, 9.17) is 9.47 Å². The lowest BCUT2D eigenvalue weighted by Gasteiger charge is -2.34. The third-order valence-corrected chi connectivity index (χ3v) is 6.49. The summed E-state index contributed by atoms with van der Waals surface area (Å²) in [7, 11) is -3.61. The molecule has 2 aromatic rings. The molecule has 0 radical (unpaired) electrons. The summed E-state index contributed by atoms with van der Waals surface area (Å²) in [5.41, 5.74) is 0.465. The lowest BCUT2D eigenvalue weighted by atomic mass is 10.1. The van der Waals surface area contributed by atoms with Crippen molar-refractivity contribution in [3.05, 3.63) is 54.4 Å². The van der Waals surface area contributed by atoms with E-state index in [1.165, 1.54) is 22.8 Å². The third kappa shape index (κ3) is 5.11. The van der Waals surface area contributed by atoms with Crippen LogP contribution in [0, 0.1) is 0 Å². The van der Waals surface area contributed by atoms with E-state index in [1.54, 1.807) is 29.2 Å². The Morgan fingerprint density at radius 2 is 1.83 bits per heavy atom. The molecule has 0 unspecified atom stereocenters. The van der Waals surface area contributed by atoms with Gasteiger partial charge in [-0.05, 0) is 31.2 Å². The fraction of sp³-hybridized carbons (Fsp3) is 0.400. The molecule has 1 amide bonds. The van der Waals surface area contributed by atoms with Gasteiger partial charge in [-0.1, -0.05) is 12.1 Å². The predicted octanol–water partition coefficient (Wildman–Crippen LogP) is 1.64. The van der Waals surface area contributed by atoms with Crippen molar-refractivity contribution in [3.8, 4) is 5.75 Å². The molecule has 8 nitrogen and oxygen atoms in total. The van der Waals surface area contributed by atoms with E-state index in [-0.39, 0.29) is 23.9 Å². The number of hydrogen-bond donors (Lipinski definition) is 0. The van der Waals surface area contributed by atoms with Gasteiger partial charge in [0.05, 0.1) is 12.2 Å². The van der Waals surface area contributed by atoms with Crippen molar-refractivity contribution >= 4 is 15.9 Å². The number of aromatic nitrogens is 1. The number of piperazine rings is 1. The molecule has 1 fully saturated rings. The fourth-order valence-electron chi connectivity index (χ4n) is 3.07. The monoisotopic (exact) mass is 419 g/mol. The Morgan fingerprint density at radius 1 is 1.07 bits per heavy atom. The summed E-state index contributed by atoms with van der Waals surface area (Å²) >= 11 is 0. The zero-order valence-electron chi connectivity index (χ0n) is 16.4. The average molecular weight is 420 g/mol. The summed E-state index contributed by atoms with van der Waals surface area (Å²) in [4.78, 5) is 18.7. The topological polar surface area (TPSA) is 89.0 Å². The normalized spacial score (nSPS) is 15.3. The number of nitrogens with zero attached hydrogens (tertiary/aromatic N) is 3. The molecule has 3 rings (SSSR count). The Morgan fingerprint density at radius 3 is 2.52 bits per heavy atom. The second-order valence-corrected chi connectivity index (χ2v) is 8.36. The van der Waals surface area contributed by atoms with Crippen LogP contribution in [0.3, 0.4) is 0 Å². The third-order valence-electron chi connectivity index (χ3n) is 4.60. The highest BCUT2D eigenvalue weighted by atomic mass is 32.2. The quantitative estimate of drug-likeness (QED) is 0.605. The van der Waals surface area contributed by atoms with Crippen molar-refractivity contribution < 1.29 is 22.7 Å². The zero-order chi connectivity index (χ0) is 20.7. The number of ether oxygens (including phenoxy) is 2. The number of rotatable bonds is 8. The molecule has 9 heteroatoms. The average Bonchev–Trinajstić information content (AvgIpc) is 2.77. The first-order valence-electron chi connectivity index (χ1n) is 9.53. The minimum atomic E-state index is -3.61. The van der Waals surface area contributed by atoms with Crippen molar-refractivity contribution in [2.75, 3.05) is 46.0 Å². The smallest absolute Gasteiger partial charge is 0.257 e. The molecule has 0 spiro atoms. The van der Waals surface area contributed by atoms with Crippen LogP contribution in [-0.4, -0.2) is 74.5 Å². The maximum atomic E-state index is 13.0. The molecular formula is C20H25N3O5S. The summed E-state index contributed by atoms with van der Waals surface area (Å²) < 4.78 is 37.8. The van der Waals surface area contributed by atoms with Crippen molar-refractivity contribution in [2.24, 2.45) is 0 Å². The maximum absolute atomic E-state index is 13.0. The van der Waals surface area contributed by atoms with Gasteiger partial charge >= 0.3 is 0 Å². The highest BCUT2D eigenvalue weighted by Crippen LogP contribution is 2.22. The Hall–Kier alpha value is -2.49. The van der Waals surface area contributed by atoms with Crippen molar-refractivity contribution in [1.82, 2.24) is 14.2 Å². The van der Waals surface area contributed by atoms with Crippen LogP contribution in [0.1, 0.15) is 17.3 Å². The molecule has 0 aliphatic carbocycles. The van der Waals surface area contributed by atoms with Crippen molar-refractivity contribution in [1.29, 1.82) is 0 Å². The van der Waals surface area contributed by atoms with Crippen LogP contribution in [0.4, 0.5) is 0 Å². The Kier molecular flexibility index (Phi) is 7.18. The standard InChI is InChI=1S/C20H25N3O5S/c1-2-27-14-15-28-19-8-4-3-7-18(19)20(24)22-10-12-23(13-11-22)29(25,26)17-6-5-9-21-16-17/h3-9,16H,2,10-15H2,1H3. The van der Waals surface area contributed by atoms with Crippen LogP contribution >= 0.6 is 0 Å². The number of hydrogen-bond acceptors (Lipinski definition) is 6. The highest BCUT2D eigenvalue weighted by molar-refractivity contribution is 7.89. The van der Waals surface area contributed by atoms with Gasteiger partial charge in [0, 0.05) is 45.2 Å². The van der Waals surface area contributed by atoms with E-state index in [1.807, 2.05) is 13.0 Å². The number of carbonyl (C=O) groups excluding carboxylic acids is 1. The molecule has 0 atom stereocenters. The SMILES string of the molecule is CCOCCOc1ccccc1C(=O)N1CCN(S(=O)(=O)c2cccnc2)CC1. The molecule has 2 heterocycles. The predicted molar refractivity (Wildman–Crippen MR) is 107 cm³/mol. The molecule has 156 valence electrons. The van der Waals surface area contributed by atoms with Crippen LogP contribution in [0.25, 0.3) is 0 Å². The maximum Gasteiger partial charge on any atom is 0.257 e. The van der Waals surface area contributed by atoms with Gasteiger partial charge in [0.15, 0.2) is 0 Å². The first-order valence-corrected chi connectivity index (χ1v) is 11.0. The summed E-state index contributed by atoms with van der Waals surface area (Å²) in [5.74, 6) is 0.332. The van der Waals surface area contributed by atoms with Gasteiger partial charge in [-0.2, -0.15) is 4.31 Å².